The van der Waals surface area contributed by atoms with Crippen molar-refractivity contribution in [1.29, 1.82) is 0 Å². The average molecular weight is 398 g/mol. The fourth-order valence-corrected chi connectivity index (χ4v) is 3.82. The van der Waals surface area contributed by atoms with E-state index in [-0.39, 0.29) is 0 Å². The highest BCUT2D eigenvalue weighted by Crippen LogP contribution is 2.37. The zero-order chi connectivity index (χ0) is 20.9. The van der Waals surface area contributed by atoms with Crippen LogP contribution in [0.3, 0.4) is 0 Å². The molecule has 1 aliphatic carbocycles. The Bertz CT molecular complexity index is 868. The van der Waals surface area contributed by atoms with Gasteiger partial charge in [0.1, 0.15) is 17.1 Å². The Kier molecular flexibility index (Phi) is 6.64. The monoisotopic (exact) mass is 397 g/mol. The highest BCUT2D eigenvalue weighted by Gasteiger charge is 2.36. The molecule has 2 N–H and O–H groups in total. The molecule has 6 heteroatoms. The van der Waals surface area contributed by atoms with Crippen molar-refractivity contribution < 1.29 is 14.6 Å². The number of hydrogen-bond acceptors (Lipinski definition) is 4. The summed E-state index contributed by atoms with van der Waals surface area (Å²) in [5.74, 6) is 2.29. The number of aryl methyl sites for hydroxylation is 1. The van der Waals surface area contributed by atoms with E-state index in [4.69, 9.17) is 14.5 Å². The SMILES string of the molecule is CCNC(=NCC1(O)CCc2ccccc21)N(C)Cc1ccc(OC)cc1OC. The van der Waals surface area contributed by atoms with Crippen LogP contribution in [-0.4, -0.2) is 50.3 Å². The molecule has 0 heterocycles. The van der Waals surface area contributed by atoms with Crippen LogP contribution in [0.4, 0.5) is 0 Å². The van der Waals surface area contributed by atoms with Gasteiger partial charge in [-0.2, -0.15) is 0 Å². The van der Waals surface area contributed by atoms with E-state index in [2.05, 4.69) is 11.4 Å². The van der Waals surface area contributed by atoms with Gasteiger partial charge in [-0.3, -0.25) is 0 Å². The van der Waals surface area contributed by atoms with Gasteiger partial charge < -0.3 is 24.8 Å². The Morgan fingerprint density at radius 1 is 1.21 bits per heavy atom. The van der Waals surface area contributed by atoms with Gasteiger partial charge in [0.25, 0.3) is 0 Å². The summed E-state index contributed by atoms with van der Waals surface area (Å²) in [5, 5.41) is 14.5. The number of nitrogens with one attached hydrogen (secondary N) is 1. The first-order valence-electron chi connectivity index (χ1n) is 10.0. The topological polar surface area (TPSA) is 66.3 Å². The van der Waals surface area contributed by atoms with Crippen molar-refractivity contribution in [2.24, 2.45) is 4.99 Å². The van der Waals surface area contributed by atoms with Gasteiger partial charge in [0.15, 0.2) is 5.96 Å². The van der Waals surface area contributed by atoms with Crippen molar-refractivity contribution in [1.82, 2.24) is 10.2 Å². The number of aliphatic imine (C=N–C) groups is 1. The maximum absolute atomic E-state index is 11.2. The number of nitrogens with zero attached hydrogens (tertiary/aromatic N) is 2. The first-order valence-corrected chi connectivity index (χ1v) is 10.0. The second-order valence-corrected chi connectivity index (χ2v) is 7.39. The predicted molar refractivity (Wildman–Crippen MR) is 116 cm³/mol. The molecular weight excluding hydrogens is 366 g/mol. The molecule has 156 valence electrons. The molecule has 1 atom stereocenters. The third-order valence-corrected chi connectivity index (χ3v) is 5.42. The fourth-order valence-electron chi connectivity index (χ4n) is 3.82. The van der Waals surface area contributed by atoms with Gasteiger partial charge in [-0.05, 0) is 43.0 Å². The minimum atomic E-state index is -0.907. The lowest BCUT2D eigenvalue weighted by Gasteiger charge is -2.26. The summed E-state index contributed by atoms with van der Waals surface area (Å²) >= 11 is 0. The van der Waals surface area contributed by atoms with E-state index in [9.17, 15) is 5.11 Å². The normalized spacial score (nSPS) is 18.3. The molecule has 1 aliphatic rings. The van der Waals surface area contributed by atoms with Crippen LogP contribution >= 0.6 is 0 Å². The van der Waals surface area contributed by atoms with Crippen molar-refractivity contribution in [3.8, 4) is 11.5 Å². The van der Waals surface area contributed by atoms with Crippen molar-refractivity contribution in [2.45, 2.75) is 31.9 Å². The molecule has 0 saturated carbocycles. The fraction of sp³-hybridized carbons (Fsp3) is 0.435. The zero-order valence-corrected chi connectivity index (χ0v) is 17.7. The Hall–Kier alpha value is -2.73. The van der Waals surface area contributed by atoms with Crippen molar-refractivity contribution >= 4 is 5.96 Å². The molecule has 29 heavy (non-hydrogen) atoms. The number of guanidine groups is 1. The lowest BCUT2D eigenvalue weighted by Crippen LogP contribution is -2.40. The molecule has 0 bridgehead atoms. The van der Waals surface area contributed by atoms with Crippen LogP contribution in [-0.2, 0) is 18.6 Å². The Morgan fingerprint density at radius 3 is 2.72 bits per heavy atom. The Morgan fingerprint density at radius 2 is 2.00 bits per heavy atom. The van der Waals surface area contributed by atoms with Crippen molar-refractivity contribution in [3.05, 3.63) is 59.2 Å². The molecule has 2 aromatic rings. The summed E-state index contributed by atoms with van der Waals surface area (Å²) < 4.78 is 10.8. The number of aliphatic hydroxyl groups is 1. The van der Waals surface area contributed by atoms with Crippen LogP contribution in [0.15, 0.2) is 47.5 Å². The van der Waals surface area contributed by atoms with Crippen molar-refractivity contribution in [2.75, 3.05) is 34.4 Å². The largest absolute Gasteiger partial charge is 0.497 e. The van der Waals surface area contributed by atoms with Crippen LogP contribution in [0.25, 0.3) is 0 Å². The molecule has 0 radical (unpaired) electrons. The van der Waals surface area contributed by atoms with E-state index in [0.717, 1.165) is 41.6 Å². The molecule has 0 amide bonds. The summed E-state index contributed by atoms with van der Waals surface area (Å²) in [4.78, 5) is 6.81. The quantitative estimate of drug-likeness (QED) is 0.556. The first kappa shape index (κ1) is 21.0. The number of ether oxygens (including phenoxy) is 2. The van der Waals surface area contributed by atoms with Gasteiger partial charge in [-0.25, -0.2) is 4.99 Å². The maximum Gasteiger partial charge on any atom is 0.194 e. The van der Waals surface area contributed by atoms with E-state index >= 15 is 0 Å². The number of hydrogen-bond donors (Lipinski definition) is 2. The molecule has 0 spiro atoms. The van der Waals surface area contributed by atoms with Crippen LogP contribution in [0.5, 0.6) is 11.5 Å². The first-order chi connectivity index (χ1) is 14.0. The molecule has 2 aromatic carbocycles. The highest BCUT2D eigenvalue weighted by atomic mass is 16.5. The van der Waals surface area contributed by atoms with Gasteiger partial charge in [0, 0.05) is 31.8 Å². The average Bonchev–Trinajstić information content (AvgIpc) is 3.08. The van der Waals surface area contributed by atoms with Crippen molar-refractivity contribution in [3.63, 3.8) is 0 Å². The molecule has 0 aliphatic heterocycles. The molecule has 1 unspecified atom stereocenters. The van der Waals surface area contributed by atoms with E-state index in [0.29, 0.717) is 19.5 Å². The highest BCUT2D eigenvalue weighted by molar-refractivity contribution is 5.79. The van der Waals surface area contributed by atoms with Gasteiger partial charge in [-0.15, -0.1) is 0 Å². The second kappa shape index (κ2) is 9.18. The Labute approximate surface area is 173 Å². The van der Waals surface area contributed by atoms with Crippen LogP contribution in [0.2, 0.25) is 0 Å². The van der Waals surface area contributed by atoms with Gasteiger partial charge in [0.05, 0.1) is 20.8 Å². The maximum atomic E-state index is 11.2. The molecule has 0 aromatic heterocycles. The van der Waals surface area contributed by atoms with Crippen LogP contribution in [0, 0.1) is 0 Å². The van der Waals surface area contributed by atoms with Gasteiger partial charge in [0.2, 0.25) is 0 Å². The molecule has 3 rings (SSSR count). The summed E-state index contributed by atoms with van der Waals surface area (Å²) in [5.41, 5.74) is 2.34. The standard InChI is InChI=1S/C23H31N3O3/c1-5-24-22(25-16-23(27)13-12-17-8-6-7-9-20(17)23)26(2)15-18-10-11-19(28-3)14-21(18)29-4/h6-11,14,27H,5,12-13,15-16H2,1-4H3,(H,24,25). The van der Waals surface area contributed by atoms with E-state index in [1.807, 2.05) is 55.3 Å². The van der Waals surface area contributed by atoms with Gasteiger partial charge in [-0.1, -0.05) is 24.3 Å². The Balaban J connectivity index is 1.77. The smallest absolute Gasteiger partial charge is 0.194 e. The number of benzene rings is 2. The van der Waals surface area contributed by atoms with E-state index in [1.54, 1.807) is 14.2 Å². The lowest BCUT2D eigenvalue weighted by atomic mass is 9.96. The van der Waals surface area contributed by atoms with Crippen LogP contribution in [0.1, 0.15) is 30.0 Å². The predicted octanol–water partition coefficient (Wildman–Crippen LogP) is 2.94. The third-order valence-electron chi connectivity index (χ3n) is 5.42. The van der Waals surface area contributed by atoms with E-state index < -0.39 is 5.60 Å². The van der Waals surface area contributed by atoms with Crippen LogP contribution < -0.4 is 14.8 Å². The van der Waals surface area contributed by atoms with Gasteiger partial charge >= 0.3 is 0 Å². The minimum absolute atomic E-state index is 0.330. The van der Waals surface area contributed by atoms with E-state index in [1.165, 1.54) is 5.56 Å². The molecular formula is C23H31N3O3. The number of rotatable bonds is 7. The summed E-state index contributed by atoms with van der Waals surface area (Å²) in [6.45, 7) is 3.74. The lowest BCUT2D eigenvalue weighted by molar-refractivity contribution is 0.0483. The summed E-state index contributed by atoms with van der Waals surface area (Å²) in [6, 6.07) is 13.9. The third kappa shape index (κ3) is 4.65. The zero-order valence-electron chi connectivity index (χ0n) is 17.7. The summed E-state index contributed by atoms with van der Waals surface area (Å²) in [6.07, 6.45) is 1.59. The minimum Gasteiger partial charge on any atom is -0.497 e. The molecule has 6 nitrogen and oxygen atoms in total. The number of fused-ring (bicyclic) bond motifs is 1. The molecule has 0 saturated heterocycles. The molecule has 0 fully saturated rings. The number of methoxy groups -OCH3 is 2. The second-order valence-electron chi connectivity index (χ2n) is 7.39. The summed E-state index contributed by atoms with van der Waals surface area (Å²) in [7, 11) is 5.28.